The van der Waals surface area contributed by atoms with Crippen LogP contribution >= 0.6 is 11.8 Å². The van der Waals surface area contributed by atoms with Crippen LogP contribution in [-0.4, -0.2) is 31.9 Å². The second-order valence-electron chi connectivity index (χ2n) is 6.44. The van der Waals surface area contributed by atoms with Gasteiger partial charge in [0.05, 0.1) is 17.5 Å². The van der Waals surface area contributed by atoms with Gasteiger partial charge in [0, 0.05) is 21.9 Å². The van der Waals surface area contributed by atoms with Crippen molar-refractivity contribution < 1.29 is 22.0 Å². The van der Waals surface area contributed by atoms with E-state index >= 15 is 0 Å². The van der Waals surface area contributed by atoms with E-state index in [0.29, 0.717) is 11.3 Å². The molecule has 0 aliphatic carbocycles. The van der Waals surface area contributed by atoms with Gasteiger partial charge in [-0.15, -0.1) is 11.8 Å². The number of thioether (sulfide) groups is 1. The second-order valence-corrected chi connectivity index (χ2v) is 9.70. The van der Waals surface area contributed by atoms with Crippen molar-refractivity contribution in [2.45, 2.75) is 18.2 Å². The fourth-order valence-electron chi connectivity index (χ4n) is 3.00. The van der Waals surface area contributed by atoms with Gasteiger partial charge in [-0.25, -0.2) is 17.2 Å². The summed E-state index contributed by atoms with van der Waals surface area (Å²) in [7, 11) is -3.37. The zero-order valence-corrected chi connectivity index (χ0v) is 16.7. The van der Waals surface area contributed by atoms with Crippen LogP contribution in [0, 0.1) is 11.6 Å². The standard InChI is InChI=1S/C20H19F2NO3S2/c1-14(18-4-2-3-5-19(18)22)27-12-20(24)23(16-8-6-15(21)7-9-16)17-10-11-28(25,26)13-17/h2-11,14,17H,12-13H2,1H3/t14-,17+/m1/s1. The Balaban J connectivity index is 1.78. The number of anilines is 1. The molecule has 0 N–H and O–H groups in total. The normalized spacial score (nSPS) is 18.8. The Bertz CT molecular complexity index is 991. The number of carbonyl (C=O) groups excluding carboxylic acids is 1. The molecule has 0 aromatic heterocycles. The monoisotopic (exact) mass is 423 g/mol. The second kappa shape index (κ2) is 8.45. The maximum absolute atomic E-state index is 13.9. The molecular formula is C20H19F2NO3S2. The average Bonchev–Trinajstić information content (AvgIpc) is 3.01. The molecule has 28 heavy (non-hydrogen) atoms. The van der Waals surface area contributed by atoms with Crippen molar-refractivity contribution in [3.8, 4) is 0 Å². The third-order valence-electron chi connectivity index (χ3n) is 4.42. The summed E-state index contributed by atoms with van der Waals surface area (Å²) in [4.78, 5) is 14.3. The van der Waals surface area contributed by atoms with Gasteiger partial charge in [0.2, 0.25) is 5.91 Å². The predicted octanol–water partition coefficient (Wildman–Crippen LogP) is 4.10. The minimum atomic E-state index is -3.37. The SMILES string of the molecule is C[C@@H](SCC(=O)N(c1ccc(F)cc1)[C@H]1C=CS(=O)(=O)C1)c1ccccc1F. The van der Waals surface area contributed by atoms with Crippen LogP contribution < -0.4 is 4.90 Å². The number of benzene rings is 2. The van der Waals surface area contributed by atoms with E-state index in [-0.39, 0.29) is 28.5 Å². The highest BCUT2D eigenvalue weighted by molar-refractivity contribution is 8.00. The van der Waals surface area contributed by atoms with E-state index in [1.54, 1.807) is 25.1 Å². The van der Waals surface area contributed by atoms with Crippen LogP contribution in [-0.2, 0) is 14.6 Å². The van der Waals surface area contributed by atoms with E-state index in [1.807, 2.05) is 0 Å². The quantitative estimate of drug-likeness (QED) is 0.702. The fourth-order valence-corrected chi connectivity index (χ4v) is 5.17. The van der Waals surface area contributed by atoms with Crippen LogP contribution in [0.1, 0.15) is 17.7 Å². The van der Waals surface area contributed by atoms with Crippen molar-refractivity contribution in [1.82, 2.24) is 0 Å². The third kappa shape index (κ3) is 4.80. The molecular weight excluding hydrogens is 404 g/mol. The first-order valence-electron chi connectivity index (χ1n) is 8.61. The first kappa shape index (κ1) is 20.5. The van der Waals surface area contributed by atoms with E-state index in [9.17, 15) is 22.0 Å². The minimum absolute atomic E-state index is 0.0251. The molecule has 2 atom stereocenters. The van der Waals surface area contributed by atoms with Crippen LogP contribution in [0.2, 0.25) is 0 Å². The van der Waals surface area contributed by atoms with E-state index in [4.69, 9.17) is 0 Å². The predicted molar refractivity (Wildman–Crippen MR) is 108 cm³/mol. The van der Waals surface area contributed by atoms with Crippen molar-refractivity contribution in [2.24, 2.45) is 0 Å². The lowest BCUT2D eigenvalue weighted by atomic mass is 10.1. The number of sulfone groups is 1. The number of hydrogen-bond acceptors (Lipinski definition) is 4. The molecule has 148 valence electrons. The maximum atomic E-state index is 13.9. The molecule has 0 saturated heterocycles. The Kier molecular flexibility index (Phi) is 6.20. The van der Waals surface area contributed by atoms with Gasteiger partial charge in [-0.1, -0.05) is 18.2 Å². The summed E-state index contributed by atoms with van der Waals surface area (Å²) in [5.41, 5.74) is 0.911. The van der Waals surface area contributed by atoms with Crippen LogP contribution in [0.15, 0.2) is 60.0 Å². The highest BCUT2D eigenvalue weighted by Gasteiger charge is 2.31. The van der Waals surface area contributed by atoms with Gasteiger partial charge in [-0.3, -0.25) is 4.79 Å². The summed E-state index contributed by atoms with van der Waals surface area (Å²) in [6.45, 7) is 1.80. The molecule has 1 amide bonds. The van der Waals surface area contributed by atoms with Crippen molar-refractivity contribution in [3.63, 3.8) is 0 Å². The lowest BCUT2D eigenvalue weighted by Gasteiger charge is -2.28. The Morgan fingerprint density at radius 3 is 2.46 bits per heavy atom. The van der Waals surface area contributed by atoms with Crippen LogP contribution in [0.3, 0.4) is 0 Å². The van der Waals surface area contributed by atoms with Crippen molar-refractivity contribution >= 4 is 33.2 Å². The number of nitrogens with zero attached hydrogens (tertiary/aromatic N) is 1. The lowest BCUT2D eigenvalue weighted by Crippen LogP contribution is -2.42. The van der Waals surface area contributed by atoms with Gasteiger partial charge in [0.15, 0.2) is 9.84 Å². The number of carbonyl (C=O) groups is 1. The summed E-state index contributed by atoms with van der Waals surface area (Å²) in [5.74, 6) is -1.31. The molecule has 0 bridgehead atoms. The molecule has 0 fully saturated rings. The van der Waals surface area contributed by atoms with E-state index in [1.165, 1.54) is 53.1 Å². The van der Waals surface area contributed by atoms with Gasteiger partial charge < -0.3 is 4.90 Å². The molecule has 3 rings (SSSR count). The third-order valence-corrected chi connectivity index (χ3v) is 6.96. The van der Waals surface area contributed by atoms with Gasteiger partial charge in [-0.05, 0) is 43.3 Å². The molecule has 2 aromatic rings. The van der Waals surface area contributed by atoms with E-state index in [0.717, 1.165) is 5.41 Å². The molecule has 0 saturated carbocycles. The van der Waals surface area contributed by atoms with E-state index in [2.05, 4.69) is 0 Å². The molecule has 0 spiro atoms. The summed E-state index contributed by atoms with van der Waals surface area (Å²) in [6, 6.07) is 11.0. The number of hydrogen-bond donors (Lipinski definition) is 0. The molecule has 0 radical (unpaired) electrons. The summed E-state index contributed by atoms with van der Waals surface area (Å²) >= 11 is 1.26. The van der Waals surface area contributed by atoms with Crippen molar-refractivity contribution in [2.75, 3.05) is 16.4 Å². The molecule has 1 aliphatic rings. The highest BCUT2D eigenvalue weighted by atomic mass is 32.2. The molecule has 0 unspecified atom stereocenters. The van der Waals surface area contributed by atoms with Crippen molar-refractivity contribution in [1.29, 1.82) is 0 Å². The topological polar surface area (TPSA) is 54.5 Å². The van der Waals surface area contributed by atoms with Crippen molar-refractivity contribution in [3.05, 3.63) is 77.2 Å². The number of amides is 1. The Morgan fingerprint density at radius 2 is 1.86 bits per heavy atom. The van der Waals surface area contributed by atoms with Crippen LogP contribution in [0.5, 0.6) is 0 Å². The first-order valence-corrected chi connectivity index (χ1v) is 11.4. The van der Waals surface area contributed by atoms with Gasteiger partial charge in [0.25, 0.3) is 0 Å². The summed E-state index contributed by atoms with van der Waals surface area (Å²) < 4.78 is 50.8. The van der Waals surface area contributed by atoms with Gasteiger partial charge >= 0.3 is 0 Å². The molecule has 1 heterocycles. The van der Waals surface area contributed by atoms with Crippen LogP contribution in [0.25, 0.3) is 0 Å². The van der Waals surface area contributed by atoms with Gasteiger partial charge in [0.1, 0.15) is 11.6 Å². The molecule has 2 aromatic carbocycles. The Hall–Kier alpha value is -2.19. The zero-order valence-electron chi connectivity index (χ0n) is 15.1. The number of rotatable bonds is 6. The largest absolute Gasteiger partial charge is 0.304 e. The minimum Gasteiger partial charge on any atom is -0.304 e. The summed E-state index contributed by atoms with van der Waals surface area (Å²) in [6.07, 6.45) is 1.46. The average molecular weight is 424 g/mol. The summed E-state index contributed by atoms with van der Waals surface area (Å²) in [5, 5.41) is 0.833. The molecule has 8 heteroatoms. The molecule has 4 nitrogen and oxygen atoms in total. The smallest absolute Gasteiger partial charge is 0.237 e. The zero-order chi connectivity index (χ0) is 20.3. The van der Waals surface area contributed by atoms with E-state index < -0.39 is 21.7 Å². The van der Waals surface area contributed by atoms with Gasteiger partial charge in [-0.2, -0.15) is 0 Å². The van der Waals surface area contributed by atoms with Crippen LogP contribution in [0.4, 0.5) is 14.5 Å². The maximum Gasteiger partial charge on any atom is 0.237 e. The first-order chi connectivity index (χ1) is 13.3. The Morgan fingerprint density at radius 1 is 1.18 bits per heavy atom. The lowest BCUT2D eigenvalue weighted by molar-refractivity contribution is -0.116. The highest BCUT2D eigenvalue weighted by Crippen LogP contribution is 2.31. The fraction of sp³-hybridized carbons (Fsp3) is 0.250. The molecule has 1 aliphatic heterocycles. The number of halogens is 2. The Labute approximate surface area is 167 Å².